The number of amides is 2. The van der Waals surface area contributed by atoms with Crippen LogP contribution in [-0.2, 0) is 4.74 Å². The summed E-state index contributed by atoms with van der Waals surface area (Å²) in [4.78, 5) is 26.0. The molecule has 1 saturated heterocycles. The summed E-state index contributed by atoms with van der Waals surface area (Å²) in [5.74, 6) is -0.636. The van der Waals surface area contributed by atoms with Crippen LogP contribution in [0.3, 0.4) is 0 Å². The third kappa shape index (κ3) is 3.23. The Kier molecular flexibility index (Phi) is 4.63. The Hall–Kier alpha value is -1.92. The molecule has 1 saturated carbocycles. The van der Waals surface area contributed by atoms with Crippen LogP contribution in [0, 0.1) is 5.92 Å². The molecule has 3 rings (SSSR count). The van der Waals surface area contributed by atoms with Gasteiger partial charge in [-0.05, 0) is 31.0 Å². The van der Waals surface area contributed by atoms with Crippen molar-refractivity contribution in [2.75, 3.05) is 19.8 Å². The van der Waals surface area contributed by atoms with E-state index in [9.17, 15) is 14.7 Å². The molecule has 3 N–H and O–H groups in total. The number of ether oxygens (including phenoxy) is 1. The molecule has 2 fully saturated rings. The van der Waals surface area contributed by atoms with E-state index in [0.29, 0.717) is 30.9 Å². The number of aliphatic hydroxyl groups excluding tert-OH is 1. The Morgan fingerprint density at radius 1 is 1.26 bits per heavy atom. The number of benzene rings is 1. The highest BCUT2D eigenvalue weighted by atomic mass is 16.5. The number of carbonyl (C=O) groups excluding carboxylic acids is 2. The summed E-state index contributed by atoms with van der Waals surface area (Å²) in [6.45, 7) is 1.43. The summed E-state index contributed by atoms with van der Waals surface area (Å²) in [5, 5.41) is 10.2. The molecule has 0 aromatic heterocycles. The van der Waals surface area contributed by atoms with E-state index in [2.05, 4.69) is 0 Å². The summed E-state index contributed by atoms with van der Waals surface area (Å²) in [7, 11) is 0. The maximum atomic E-state index is 12.9. The van der Waals surface area contributed by atoms with Crippen molar-refractivity contribution < 1.29 is 19.4 Å². The quantitative estimate of drug-likeness (QED) is 0.861. The Labute approximate surface area is 135 Å². The number of primary amides is 1. The van der Waals surface area contributed by atoms with Crippen LogP contribution < -0.4 is 5.73 Å². The van der Waals surface area contributed by atoms with Crippen molar-refractivity contribution in [3.63, 3.8) is 0 Å². The summed E-state index contributed by atoms with van der Waals surface area (Å²) in [6.07, 6.45) is 2.27. The first-order valence-electron chi connectivity index (χ1n) is 8.04. The van der Waals surface area contributed by atoms with E-state index >= 15 is 0 Å². The van der Waals surface area contributed by atoms with E-state index in [-0.39, 0.29) is 24.0 Å². The Morgan fingerprint density at radius 3 is 2.74 bits per heavy atom. The van der Waals surface area contributed by atoms with Gasteiger partial charge in [-0.2, -0.15) is 0 Å². The Balaban J connectivity index is 1.84. The molecule has 124 valence electrons. The van der Waals surface area contributed by atoms with Crippen molar-refractivity contribution in [2.24, 2.45) is 11.7 Å². The molecular formula is C17H22N2O4. The van der Waals surface area contributed by atoms with Crippen LogP contribution in [0.15, 0.2) is 24.3 Å². The summed E-state index contributed by atoms with van der Waals surface area (Å²) in [6, 6.07) is 6.35. The number of rotatable bonds is 3. The van der Waals surface area contributed by atoms with Crippen LogP contribution in [0.25, 0.3) is 0 Å². The molecule has 0 unspecified atom stereocenters. The second kappa shape index (κ2) is 6.68. The van der Waals surface area contributed by atoms with Crippen LogP contribution in [0.5, 0.6) is 0 Å². The van der Waals surface area contributed by atoms with Gasteiger partial charge in [0.05, 0.1) is 25.4 Å². The van der Waals surface area contributed by atoms with Gasteiger partial charge >= 0.3 is 0 Å². The van der Waals surface area contributed by atoms with Crippen LogP contribution in [0.4, 0.5) is 0 Å². The van der Waals surface area contributed by atoms with Crippen molar-refractivity contribution in [3.8, 4) is 0 Å². The molecule has 2 amide bonds. The van der Waals surface area contributed by atoms with Crippen molar-refractivity contribution in [2.45, 2.75) is 31.4 Å². The Morgan fingerprint density at radius 2 is 2.04 bits per heavy atom. The van der Waals surface area contributed by atoms with Gasteiger partial charge in [0, 0.05) is 23.6 Å². The first kappa shape index (κ1) is 16.0. The molecular weight excluding hydrogens is 296 g/mol. The van der Waals surface area contributed by atoms with Gasteiger partial charge in [-0.1, -0.05) is 12.5 Å². The normalized spacial score (nSPS) is 27.9. The standard InChI is InChI=1S/C17H22N2O4/c18-16(21)11-3-1-4-12(9-11)17(22)19-7-8-23-10-14(19)13-5-2-6-15(13)20/h1,3-4,9,13-15,20H,2,5-8,10H2,(H2,18,21)/t13-,14+,15-/m0/s1. The Bertz CT molecular complexity index is 604. The van der Waals surface area contributed by atoms with Crippen molar-refractivity contribution in [1.82, 2.24) is 4.90 Å². The molecule has 2 aliphatic rings. The third-order valence-corrected chi connectivity index (χ3v) is 4.85. The van der Waals surface area contributed by atoms with Crippen LogP contribution in [-0.4, -0.2) is 53.7 Å². The number of hydrogen-bond acceptors (Lipinski definition) is 4. The van der Waals surface area contributed by atoms with Gasteiger partial charge in [0.15, 0.2) is 0 Å². The zero-order valence-corrected chi connectivity index (χ0v) is 13.0. The lowest BCUT2D eigenvalue weighted by molar-refractivity contribution is -0.0383. The SMILES string of the molecule is NC(=O)c1cccc(C(=O)N2CCOC[C@@H]2[C@@H]2CCC[C@@H]2O)c1. The molecule has 1 aromatic carbocycles. The van der Waals surface area contributed by atoms with E-state index in [1.807, 2.05) is 0 Å². The van der Waals surface area contributed by atoms with E-state index in [1.165, 1.54) is 6.07 Å². The largest absolute Gasteiger partial charge is 0.393 e. The van der Waals surface area contributed by atoms with Gasteiger partial charge in [-0.3, -0.25) is 9.59 Å². The predicted molar refractivity (Wildman–Crippen MR) is 84.0 cm³/mol. The van der Waals surface area contributed by atoms with Crippen LogP contribution >= 0.6 is 0 Å². The fraction of sp³-hybridized carbons (Fsp3) is 0.529. The summed E-state index contributed by atoms with van der Waals surface area (Å²) < 4.78 is 5.54. The minimum Gasteiger partial charge on any atom is -0.393 e. The average Bonchev–Trinajstić information content (AvgIpc) is 3.00. The minimum absolute atomic E-state index is 0.0542. The molecule has 1 heterocycles. The van der Waals surface area contributed by atoms with Gasteiger partial charge < -0.3 is 20.5 Å². The van der Waals surface area contributed by atoms with E-state index in [0.717, 1.165) is 19.3 Å². The lowest BCUT2D eigenvalue weighted by atomic mass is 9.93. The number of nitrogens with zero attached hydrogens (tertiary/aromatic N) is 1. The fourth-order valence-electron chi connectivity index (χ4n) is 3.62. The summed E-state index contributed by atoms with van der Waals surface area (Å²) >= 11 is 0. The lowest BCUT2D eigenvalue weighted by Crippen LogP contribution is -2.53. The molecule has 0 spiro atoms. The topological polar surface area (TPSA) is 92.9 Å². The van der Waals surface area contributed by atoms with Gasteiger partial charge in [0.2, 0.25) is 5.91 Å². The van der Waals surface area contributed by atoms with Crippen molar-refractivity contribution in [1.29, 1.82) is 0 Å². The number of carbonyl (C=O) groups is 2. The first-order valence-corrected chi connectivity index (χ1v) is 8.04. The molecule has 23 heavy (non-hydrogen) atoms. The van der Waals surface area contributed by atoms with Gasteiger partial charge in [0.25, 0.3) is 5.91 Å². The molecule has 1 aromatic rings. The highest BCUT2D eigenvalue weighted by molar-refractivity contribution is 5.99. The molecule has 6 nitrogen and oxygen atoms in total. The summed E-state index contributed by atoms with van der Waals surface area (Å²) in [5.41, 5.74) is 6.06. The van der Waals surface area contributed by atoms with Gasteiger partial charge in [-0.15, -0.1) is 0 Å². The van der Waals surface area contributed by atoms with Crippen molar-refractivity contribution in [3.05, 3.63) is 35.4 Å². The molecule has 1 aliphatic carbocycles. The lowest BCUT2D eigenvalue weighted by Gasteiger charge is -2.40. The fourth-order valence-corrected chi connectivity index (χ4v) is 3.62. The zero-order valence-electron chi connectivity index (χ0n) is 13.0. The predicted octanol–water partition coefficient (Wildman–Crippen LogP) is 0.787. The molecule has 0 bridgehead atoms. The van der Waals surface area contributed by atoms with Crippen molar-refractivity contribution >= 4 is 11.8 Å². The zero-order chi connectivity index (χ0) is 16.4. The van der Waals surface area contributed by atoms with Gasteiger partial charge in [-0.25, -0.2) is 0 Å². The van der Waals surface area contributed by atoms with Gasteiger partial charge in [0.1, 0.15) is 0 Å². The average molecular weight is 318 g/mol. The number of aliphatic hydroxyl groups is 1. The second-order valence-corrected chi connectivity index (χ2v) is 6.25. The molecule has 3 atom stereocenters. The number of nitrogens with two attached hydrogens (primary N) is 1. The maximum absolute atomic E-state index is 12.9. The smallest absolute Gasteiger partial charge is 0.254 e. The first-order chi connectivity index (χ1) is 11.1. The van der Waals surface area contributed by atoms with E-state index < -0.39 is 5.91 Å². The second-order valence-electron chi connectivity index (χ2n) is 6.25. The third-order valence-electron chi connectivity index (χ3n) is 4.85. The minimum atomic E-state index is -0.551. The van der Waals surface area contributed by atoms with E-state index in [4.69, 9.17) is 10.5 Å². The van der Waals surface area contributed by atoms with E-state index in [1.54, 1.807) is 23.1 Å². The monoisotopic (exact) mass is 318 g/mol. The van der Waals surface area contributed by atoms with Crippen LogP contribution in [0.2, 0.25) is 0 Å². The highest BCUT2D eigenvalue weighted by Gasteiger charge is 2.39. The molecule has 6 heteroatoms. The maximum Gasteiger partial charge on any atom is 0.254 e. The number of hydrogen-bond donors (Lipinski definition) is 2. The number of morpholine rings is 1. The highest BCUT2D eigenvalue weighted by Crippen LogP contribution is 2.32. The van der Waals surface area contributed by atoms with Crippen LogP contribution in [0.1, 0.15) is 40.0 Å². The molecule has 0 radical (unpaired) electrons. The molecule has 1 aliphatic heterocycles.